The smallest absolute Gasteiger partial charge is 0.416 e. The molecule has 4 nitrogen and oxygen atoms in total. The van der Waals surface area contributed by atoms with Gasteiger partial charge in [0.1, 0.15) is 18.0 Å². The van der Waals surface area contributed by atoms with Gasteiger partial charge >= 0.3 is 12.1 Å². The van der Waals surface area contributed by atoms with Crippen LogP contribution >= 0.6 is 0 Å². The molecule has 0 aliphatic rings. The lowest BCUT2D eigenvalue weighted by molar-refractivity contribution is -0.147. The predicted octanol–water partition coefficient (Wildman–Crippen LogP) is 4.08. The first-order valence-corrected chi connectivity index (χ1v) is 8.63. The number of aryl methyl sites for hydroxylation is 1. The van der Waals surface area contributed by atoms with E-state index in [1.807, 2.05) is 0 Å². The molecular weight excluding hydrogens is 368 g/mol. The zero-order valence-corrected chi connectivity index (χ0v) is 15.5. The highest BCUT2D eigenvalue weighted by Crippen LogP contribution is 2.32. The van der Waals surface area contributed by atoms with Crippen LogP contribution in [0, 0.1) is 11.7 Å². The van der Waals surface area contributed by atoms with E-state index < -0.39 is 47.2 Å². The summed E-state index contributed by atoms with van der Waals surface area (Å²) in [6.45, 7) is 5.04. The summed E-state index contributed by atoms with van der Waals surface area (Å²) in [7, 11) is 0. The molecule has 27 heavy (non-hydrogen) atoms. The first-order chi connectivity index (χ1) is 12.4. The van der Waals surface area contributed by atoms with Crippen molar-refractivity contribution in [1.82, 2.24) is 0 Å². The number of rotatable bonds is 9. The molecule has 1 rings (SSSR count). The van der Waals surface area contributed by atoms with E-state index >= 15 is 0 Å². The third kappa shape index (κ3) is 7.28. The van der Waals surface area contributed by atoms with Crippen molar-refractivity contribution in [3.63, 3.8) is 0 Å². The van der Waals surface area contributed by atoms with Crippen LogP contribution in [-0.2, 0) is 26.9 Å². The number of benzene rings is 1. The van der Waals surface area contributed by atoms with Crippen molar-refractivity contribution in [3.05, 3.63) is 35.1 Å². The number of carbonyl (C=O) groups is 2. The second-order valence-corrected chi connectivity index (χ2v) is 6.80. The van der Waals surface area contributed by atoms with Gasteiger partial charge < -0.3 is 9.84 Å². The number of ketones is 1. The summed E-state index contributed by atoms with van der Waals surface area (Å²) >= 11 is 0. The van der Waals surface area contributed by atoms with Crippen molar-refractivity contribution in [2.75, 3.05) is 6.61 Å². The molecule has 0 saturated heterocycles. The maximum atomic E-state index is 13.5. The number of alkyl halides is 3. The van der Waals surface area contributed by atoms with E-state index in [0.717, 1.165) is 12.1 Å². The number of halogens is 4. The van der Waals surface area contributed by atoms with Crippen molar-refractivity contribution in [2.45, 2.75) is 58.2 Å². The molecule has 0 aliphatic heterocycles. The molecule has 0 spiro atoms. The van der Waals surface area contributed by atoms with E-state index in [2.05, 4.69) is 4.74 Å². The number of carbonyl (C=O) groups excluding carboxylic acids is 2. The molecule has 0 fully saturated rings. The molecule has 1 aromatic carbocycles. The molecule has 1 atom stereocenters. The van der Waals surface area contributed by atoms with Crippen LogP contribution in [0.5, 0.6) is 0 Å². The second kappa shape index (κ2) is 9.30. The fraction of sp³-hybridized carbons (Fsp3) is 0.579. The highest BCUT2D eigenvalue weighted by Gasteiger charge is 2.35. The standard InChI is InChI=1S/C19H24F4O4/c1-4-27-17(25)10-16(24)11-18(26,12(2)3)6-5-13-7-14(19(21,22)23)9-15(20)8-13/h7-9,12,26H,4-6,10-11H2,1-3H3. The summed E-state index contributed by atoms with van der Waals surface area (Å²) in [5.41, 5.74) is -2.57. The Morgan fingerprint density at radius 1 is 1.19 bits per heavy atom. The Morgan fingerprint density at radius 3 is 2.33 bits per heavy atom. The van der Waals surface area contributed by atoms with Gasteiger partial charge in [-0.3, -0.25) is 9.59 Å². The number of hydrogen-bond donors (Lipinski definition) is 1. The van der Waals surface area contributed by atoms with E-state index in [-0.39, 0.29) is 31.4 Å². The number of ether oxygens (including phenoxy) is 1. The summed E-state index contributed by atoms with van der Waals surface area (Å²) < 4.78 is 56.6. The van der Waals surface area contributed by atoms with Crippen molar-refractivity contribution in [2.24, 2.45) is 5.92 Å². The monoisotopic (exact) mass is 392 g/mol. The predicted molar refractivity (Wildman–Crippen MR) is 90.4 cm³/mol. The summed E-state index contributed by atoms with van der Waals surface area (Å²) in [6.07, 6.45) is -5.62. The molecule has 152 valence electrons. The van der Waals surface area contributed by atoms with Gasteiger partial charge in [0.25, 0.3) is 0 Å². The normalized spacial score (nSPS) is 14.1. The van der Waals surface area contributed by atoms with Crippen LogP contribution < -0.4 is 0 Å². The molecule has 1 aromatic rings. The molecule has 0 aliphatic carbocycles. The van der Waals surface area contributed by atoms with Gasteiger partial charge in [-0.15, -0.1) is 0 Å². The van der Waals surface area contributed by atoms with Gasteiger partial charge in [0.15, 0.2) is 0 Å². The minimum atomic E-state index is -4.68. The number of hydrogen-bond acceptors (Lipinski definition) is 4. The van der Waals surface area contributed by atoms with Gasteiger partial charge in [-0.2, -0.15) is 13.2 Å². The van der Waals surface area contributed by atoms with E-state index in [4.69, 9.17) is 0 Å². The van der Waals surface area contributed by atoms with Crippen LogP contribution in [0.1, 0.15) is 51.2 Å². The summed E-state index contributed by atoms with van der Waals surface area (Å²) in [5.74, 6) is -2.65. The van der Waals surface area contributed by atoms with Gasteiger partial charge in [-0.25, -0.2) is 4.39 Å². The third-order valence-electron chi connectivity index (χ3n) is 4.36. The largest absolute Gasteiger partial charge is 0.466 e. The molecule has 0 amide bonds. The van der Waals surface area contributed by atoms with Crippen LogP contribution in [-0.4, -0.2) is 29.1 Å². The Hall–Kier alpha value is -1.96. The number of Topliss-reactive ketones (excluding diaryl/α,β-unsaturated/α-hetero) is 1. The van der Waals surface area contributed by atoms with E-state index in [1.165, 1.54) is 0 Å². The average molecular weight is 392 g/mol. The first kappa shape index (κ1) is 23.1. The summed E-state index contributed by atoms with van der Waals surface area (Å²) in [6, 6.07) is 2.20. The lowest BCUT2D eigenvalue weighted by Crippen LogP contribution is -2.38. The van der Waals surface area contributed by atoms with E-state index in [0.29, 0.717) is 6.07 Å². The summed E-state index contributed by atoms with van der Waals surface area (Å²) in [4.78, 5) is 23.4. The fourth-order valence-electron chi connectivity index (χ4n) is 2.68. The number of aliphatic hydroxyl groups is 1. The van der Waals surface area contributed by atoms with Crippen molar-refractivity contribution >= 4 is 11.8 Å². The second-order valence-electron chi connectivity index (χ2n) is 6.80. The molecule has 0 heterocycles. The maximum Gasteiger partial charge on any atom is 0.416 e. The van der Waals surface area contributed by atoms with Gasteiger partial charge in [0, 0.05) is 6.42 Å². The summed E-state index contributed by atoms with van der Waals surface area (Å²) in [5, 5.41) is 10.8. The molecule has 1 N–H and O–H groups in total. The highest BCUT2D eigenvalue weighted by molar-refractivity contribution is 5.95. The fourth-order valence-corrected chi connectivity index (χ4v) is 2.68. The van der Waals surface area contributed by atoms with Gasteiger partial charge in [-0.05, 0) is 49.4 Å². The lowest BCUT2D eigenvalue weighted by Gasteiger charge is -2.32. The zero-order valence-electron chi connectivity index (χ0n) is 15.5. The Morgan fingerprint density at radius 2 is 1.81 bits per heavy atom. The van der Waals surface area contributed by atoms with Crippen LogP contribution in [0.4, 0.5) is 17.6 Å². The van der Waals surface area contributed by atoms with Crippen LogP contribution in [0.2, 0.25) is 0 Å². The lowest BCUT2D eigenvalue weighted by atomic mass is 9.80. The van der Waals surface area contributed by atoms with E-state index in [9.17, 15) is 32.3 Å². The minimum absolute atomic E-state index is 0.0534. The molecule has 8 heteroatoms. The number of esters is 1. The highest BCUT2D eigenvalue weighted by atomic mass is 19.4. The molecule has 0 radical (unpaired) electrons. The van der Waals surface area contributed by atoms with Crippen molar-refractivity contribution in [1.29, 1.82) is 0 Å². The first-order valence-electron chi connectivity index (χ1n) is 8.63. The Kier molecular flexibility index (Phi) is 7.95. The molecular formula is C19H24F4O4. The Bertz CT molecular complexity index is 670. The molecule has 1 unspecified atom stereocenters. The van der Waals surface area contributed by atoms with Crippen LogP contribution in [0.3, 0.4) is 0 Å². The Balaban J connectivity index is 2.87. The van der Waals surface area contributed by atoms with Crippen molar-refractivity contribution < 1.29 is 37.0 Å². The SMILES string of the molecule is CCOC(=O)CC(=O)CC(O)(CCc1cc(F)cc(C(F)(F)F)c1)C(C)C. The molecule has 0 bridgehead atoms. The molecule has 0 aromatic heterocycles. The average Bonchev–Trinajstić information content (AvgIpc) is 2.51. The quantitative estimate of drug-likeness (QED) is 0.391. The van der Waals surface area contributed by atoms with Gasteiger partial charge in [-0.1, -0.05) is 13.8 Å². The van der Waals surface area contributed by atoms with Crippen molar-refractivity contribution in [3.8, 4) is 0 Å². The van der Waals surface area contributed by atoms with Gasteiger partial charge in [0.2, 0.25) is 0 Å². The zero-order chi connectivity index (χ0) is 20.8. The topological polar surface area (TPSA) is 63.6 Å². The van der Waals surface area contributed by atoms with Crippen LogP contribution in [0.25, 0.3) is 0 Å². The Labute approximate surface area is 155 Å². The maximum absolute atomic E-state index is 13.5. The van der Waals surface area contributed by atoms with Gasteiger partial charge in [0.05, 0.1) is 17.8 Å². The third-order valence-corrected chi connectivity index (χ3v) is 4.36. The van der Waals surface area contributed by atoms with E-state index in [1.54, 1.807) is 20.8 Å². The minimum Gasteiger partial charge on any atom is -0.466 e. The van der Waals surface area contributed by atoms with Crippen LogP contribution in [0.15, 0.2) is 18.2 Å². The molecule has 0 saturated carbocycles.